The number of nitrogens with zero attached hydrogens (tertiary/aromatic N) is 2. The smallest absolute Gasteiger partial charge is 0.0576 e. The van der Waals surface area contributed by atoms with Crippen LogP contribution in [0, 0.1) is 0 Å². The molecule has 3 nitrogen and oxygen atoms in total. The molecule has 1 aliphatic rings. The van der Waals surface area contributed by atoms with Crippen LogP contribution in [0.4, 0.5) is 0 Å². The van der Waals surface area contributed by atoms with Crippen LogP contribution in [-0.4, -0.2) is 48.6 Å². The fourth-order valence-corrected chi connectivity index (χ4v) is 4.29. The summed E-state index contributed by atoms with van der Waals surface area (Å²) in [5.74, 6) is 0. The molecule has 1 aromatic heterocycles. The van der Waals surface area contributed by atoms with Gasteiger partial charge in [-0.05, 0) is 48.3 Å². The summed E-state index contributed by atoms with van der Waals surface area (Å²) in [6, 6.07) is 2.46. The molecular formula is C13H22BrN3S. The van der Waals surface area contributed by atoms with Crippen molar-refractivity contribution in [2.75, 3.05) is 33.2 Å². The van der Waals surface area contributed by atoms with Gasteiger partial charge in [0, 0.05) is 41.1 Å². The van der Waals surface area contributed by atoms with Crippen molar-refractivity contribution in [2.45, 2.75) is 25.4 Å². The summed E-state index contributed by atoms with van der Waals surface area (Å²) < 4.78 is 1.19. The van der Waals surface area contributed by atoms with Gasteiger partial charge in [0.1, 0.15) is 0 Å². The summed E-state index contributed by atoms with van der Waals surface area (Å²) in [4.78, 5) is 6.31. The van der Waals surface area contributed by atoms with E-state index in [0.717, 1.165) is 19.6 Å². The van der Waals surface area contributed by atoms with Crippen molar-refractivity contribution in [3.05, 3.63) is 20.8 Å². The molecule has 0 aromatic carbocycles. The zero-order valence-corrected chi connectivity index (χ0v) is 13.7. The average molecular weight is 332 g/mol. The lowest BCUT2D eigenvalue weighted by Gasteiger charge is -2.47. The highest BCUT2D eigenvalue weighted by Gasteiger charge is 2.34. The van der Waals surface area contributed by atoms with Gasteiger partial charge in [-0.2, -0.15) is 0 Å². The largest absolute Gasteiger partial charge is 0.329 e. The molecule has 2 N–H and O–H groups in total. The monoisotopic (exact) mass is 331 g/mol. The van der Waals surface area contributed by atoms with Gasteiger partial charge in [0.15, 0.2) is 0 Å². The topological polar surface area (TPSA) is 32.5 Å². The van der Waals surface area contributed by atoms with E-state index in [-0.39, 0.29) is 5.54 Å². The molecule has 0 saturated carbocycles. The second-order valence-corrected chi connectivity index (χ2v) is 7.39. The summed E-state index contributed by atoms with van der Waals surface area (Å²) >= 11 is 5.43. The molecule has 1 fully saturated rings. The molecule has 2 heterocycles. The fourth-order valence-electron chi connectivity index (χ4n) is 2.51. The summed E-state index contributed by atoms with van der Waals surface area (Å²) in [6.07, 6.45) is 0. The molecule has 2 rings (SSSR count). The Morgan fingerprint density at radius 3 is 2.72 bits per heavy atom. The van der Waals surface area contributed by atoms with Crippen LogP contribution in [0.25, 0.3) is 0 Å². The molecule has 1 unspecified atom stereocenters. The first-order valence-electron chi connectivity index (χ1n) is 6.34. The summed E-state index contributed by atoms with van der Waals surface area (Å²) in [5, 5.41) is 2.13. The Balaban J connectivity index is 2.17. The number of hydrogen-bond donors (Lipinski definition) is 1. The second-order valence-electron chi connectivity index (χ2n) is 5.59. The molecule has 18 heavy (non-hydrogen) atoms. The molecule has 5 heteroatoms. The number of thiophene rings is 1. The standard InChI is InChI=1S/C13H22BrN3S/c1-13(2)9-17(6-5-16(13)3)11(8-15)12-10(14)4-7-18-12/h4,7,11H,5-6,8-9,15H2,1-3H3. The highest BCUT2D eigenvalue weighted by Crippen LogP contribution is 2.34. The predicted molar refractivity (Wildman–Crippen MR) is 82.1 cm³/mol. The molecule has 0 amide bonds. The van der Waals surface area contributed by atoms with Crippen molar-refractivity contribution >= 4 is 27.3 Å². The maximum Gasteiger partial charge on any atom is 0.0576 e. The van der Waals surface area contributed by atoms with Gasteiger partial charge in [-0.3, -0.25) is 9.80 Å². The highest BCUT2D eigenvalue weighted by molar-refractivity contribution is 9.10. The summed E-state index contributed by atoms with van der Waals surface area (Å²) in [5.41, 5.74) is 6.24. The van der Waals surface area contributed by atoms with E-state index in [2.05, 4.69) is 58.1 Å². The second kappa shape index (κ2) is 5.59. The molecule has 1 aliphatic heterocycles. The number of hydrogen-bond acceptors (Lipinski definition) is 4. The van der Waals surface area contributed by atoms with Crippen molar-refractivity contribution in [1.82, 2.24) is 9.80 Å². The third-order valence-electron chi connectivity index (χ3n) is 3.96. The van der Waals surface area contributed by atoms with Crippen LogP contribution in [0.3, 0.4) is 0 Å². The summed E-state index contributed by atoms with van der Waals surface area (Å²) in [6.45, 7) is 8.54. The maximum atomic E-state index is 6.02. The number of halogens is 1. The van der Waals surface area contributed by atoms with Crippen molar-refractivity contribution in [3.8, 4) is 0 Å². The first-order chi connectivity index (χ1) is 8.45. The van der Waals surface area contributed by atoms with Crippen molar-refractivity contribution in [2.24, 2.45) is 5.73 Å². The molecule has 102 valence electrons. The minimum atomic E-state index is 0.218. The highest BCUT2D eigenvalue weighted by atomic mass is 79.9. The van der Waals surface area contributed by atoms with E-state index in [1.165, 1.54) is 9.35 Å². The molecule has 1 atom stereocenters. The first-order valence-corrected chi connectivity index (χ1v) is 8.01. The van der Waals surface area contributed by atoms with Gasteiger partial charge in [-0.25, -0.2) is 0 Å². The predicted octanol–water partition coefficient (Wildman–Crippen LogP) is 2.54. The van der Waals surface area contributed by atoms with Crippen LogP contribution in [0.1, 0.15) is 24.8 Å². The Bertz CT molecular complexity index is 405. The third kappa shape index (κ3) is 2.80. The number of nitrogens with two attached hydrogens (primary N) is 1. The average Bonchev–Trinajstić information content (AvgIpc) is 2.71. The SMILES string of the molecule is CN1CCN(C(CN)c2sccc2Br)CC1(C)C. The molecule has 0 radical (unpaired) electrons. The number of likely N-dealkylation sites (N-methyl/N-ethyl adjacent to an activating group) is 1. The number of piperazine rings is 1. The Labute approximate surface area is 122 Å². The lowest BCUT2D eigenvalue weighted by Crippen LogP contribution is -2.58. The van der Waals surface area contributed by atoms with Crippen LogP contribution in [0.2, 0.25) is 0 Å². The number of rotatable bonds is 3. The quantitative estimate of drug-likeness (QED) is 0.923. The van der Waals surface area contributed by atoms with Gasteiger partial charge in [-0.1, -0.05) is 0 Å². The van der Waals surface area contributed by atoms with Crippen LogP contribution in [0.5, 0.6) is 0 Å². The minimum absolute atomic E-state index is 0.218. The molecular weight excluding hydrogens is 310 g/mol. The third-order valence-corrected chi connectivity index (χ3v) is 5.93. The van der Waals surface area contributed by atoms with Gasteiger partial charge in [0.25, 0.3) is 0 Å². The molecule has 0 aliphatic carbocycles. The Kier molecular flexibility index (Phi) is 4.49. The van der Waals surface area contributed by atoms with Gasteiger partial charge in [0.2, 0.25) is 0 Å². The van der Waals surface area contributed by atoms with E-state index in [1.807, 2.05) is 0 Å². The Hall–Kier alpha value is 0.0600. The van der Waals surface area contributed by atoms with Gasteiger partial charge >= 0.3 is 0 Å². The Morgan fingerprint density at radius 2 is 2.22 bits per heavy atom. The van der Waals surface area contributed by atoms with Crippen LogP contribution in [0.15, 0.2) is 15.9 Å². The zero-order valence-electron chi connectivity index (χ0n) is 11.3. The molecule has 1 aromatic rings. The Morgan fingerprint density at radius 1 is 1.50 bits per heavy atom. The van der Waals surface area contributed by atoms with E-state index in [9.17, 15) is 0 Å². The van der Waals surface area contributed by atoms with E-state index in [0.29, 0.717) is 12.6 Å². The van der Waals surface area contributed by atoms with Gasteiger partial charge in [0.05, 0.1) is 6.04 Å². The molecule has 0 bridgehead atoms. The first kappa shape index (κ1) is 14.5. The van der Waals surface area contributed by atoms with Crippen molar-refractivity contribution in [1.29, 1.82) is 0 Å². The van der Waals surface area contributed by atoms with E-state index in [1.54, 1.807) is 11.3 Å². The molecule has 1 saturated heterocycles. The summed E-state index contributed by atoms with van der Waals surface area (Å²) in [7, 11) is 2.20. The van der Waals surface area contributed by atoms with E-state index < -0.39 is 0 Å². The zero-order chi connectivity index (χ0) is 13.3. The lowest BCUT2D eigenvalue weighted by molar-refractivity contribution is 0.0186. The van der Waals surface area contributed by atoms with Gasteiger partial charge in [-0.15, -0.1) is 11.3 Å². The van der Waals surface area contributed by atoms with Crippen LogP contribution < -0.4 is 5.73 Å². The normalized spacial score (nSPS) is 23.2. The van der Waals surface area contributed by atoms with Crippen molar-refractivity contribution in [3.63, 3.8) is 0 Å². The molecule has 0 spiro atoms. The maximum absolute atomic E-state index is 6.02. The lowest BCUT2D eigenvalue weighted by atomic mass is 9.98. The van der Waals surface area contributed by atoms with E-state index in [4.69, 9.17) is 5.73 Å². The minimum Gasteiger partial charge on any atom is -0.329 e. The van der Waals surface area contributed by atoms with Crippen LogP contribution in [-0.2, 0) is 0 Å². The van der Waals surface area contributed by atoms with Gasteiger partial charge < -0.3 is 5.73 Å². The fraction of sp³-hybridized carbons (Fsp3) is 0.692. The van der Waals surface area contributed by atoms with Crippen LogP contribution >= 0.6 is 27.3 Å². The van der Waals surface area contributed by atoms with Crippen molar-refractivity contribution < 1.29 is 0 Å². The van der Waals surface area contributed by atoms with E-state index >= 15 is 0 Å².